The number of hydrogen-bond donors (Lipinski definition) is 2. The number of carbonyl (C=O) groups is 2. The van der Waals surface area contributed by atoms with E-state index in [4.69, 9.17) is 5.11 Å². The first kappa shape index (κ1) is 15.5. The van der Waals surface area contributed by atoms with E-state index in [-0.39, 0.29) is 11.9 Å². The first-order valence-electron chi connectivity index (χ1n) is 6.37. The summed E-state index contributed by atoms with van der Waals surface area (Å²) in [7, 11) is 0. The lowest BCUT2D eigenvalue weighted by molar-refractivity contribution is -0.131. The van der Waals surface area contributed by atoms with E-state index < -0.39 is 5.97 Å². The Morgan fingerprint density at radius 1 is 1.43 bits per heavy atom. The molecule has 4 nitrogen and oxygen atoms in total. The molecular formula is C15H15NO3S2. The second kappa shape index (κ2) is 7.19. The van der Waals surface area contributed by atoms with Crippen molar-refractivity contribution in [2.24, 2.45) is 0 Å². The van der Waals surface area contributed by atoms with Crippen LogP contribution in [-0.4, -0.2) is 23.0 Å². The molecule has 2 aromatic rings. The van der Waals surface area contributed by atoms with E-state index in [9.17, 15) is 9.59 Å². The number of amides is 1. The number of carboxylic acid groups (broad SMARTS) is 1. The first-order valence-corrected chi connectivity index (χ1v) is 8.13. The Morgan fingerprint density at radius 3 is 2.90 bits per heavy atom. The lowest BCUT2D eigenvalue weighted by Crippen LogP contribution is -2.33. The predicted molar refractivity (Wildman–Crippen MR) is 85.9 cm³/mol. The van der Waals surface area contributed by atoms with Gasteiger partial charge in [0.25, 0.3) is 5.91 Å². The summed E-state index contributed by atoms with van der Waals surface area (Å²) in [5.74, 6) is -1.13. The average Bonchev–Trinajstić information content (AvgIpc) is 3.06. The lowest BCUT2D eigenvalue weighted by atomic mass is 10.2. The second-order valence-corrected chi connectivity index (χ2v) is 6.54. The second-order valence-electron chi connectivity index (χ2n) is 4.57. The van der Waals surface area contributed by atoms with Crippen LogP contribution in [0.3, 0.4) is 0 Å². The maximum Gasteiger partial charge on any atom is 0.328 e. The molecule has 0 aliphatic heterocycles. The third-order valence-electron chi connectivity index (χ3n) is 2.74. The molecule has 21 heavy (non-hydrogen) atoms. The molecule has 110 valence electrons. The molecule has 0 aliphatic carbocycles. The molecule has 0 fully saturated rings. The summed E-state index contributed by atoms with van der Waals surface area (Å²) in [4.78, 5) is 24.5. The van der Waals surface area contributed by atoms with Crippen molar-refractivity contribution in [3.8, 4) is 0 Å². The topological polar surface area (TPSA) is 66.4 Å². The minimum absolute atomic E-state index is 0.0501. The van der Waals surface area contributed by atoms with Crippen molar-refractivity contribution < 1.29 is 14.7 Å². The van der Waals surface area contributed by atoms with Crippen LogP contribution in [0.5, 0.6) is 0 Å². The molecule has 6 heteroatoms. The zero-order chi connectivity index (χ0) is 15.2. The van der Waals surface area contributed by atoms with Crippen molar-refractivity contribution in [1.82, 2.24) is 5.32 Å². The van der Waals surface area contributed by atoms with Gasteiger partial charge in [-0.15, -0.1) is 22.7 Å². The summed E-state index contributed by atoms with van der Waals surface area (Å²) in [6.07, 6.45) is 3.35. The molecule has 2 rings (SSSR count). The van der Waals surface area contributed by atoms with Gasteiger partial charge in [0.1, 0.15) is 0 Å². The van der Waals surface area contributed by atoms with Crippen molar-refractivity contribution >= 4 is 40.6 Å². The molecule has 0 spiro atoms. The van der Waals surface area contributed by atoms with Crippen LogP contribution in [0.1, 0.15) is 27.0 Å². The van der Waals surface area contributed by atoms with Gasteiger partial charge in [0, 0.05) is 33.7 Å². The highest BCUT2D eigenvalue weighted by molar-refractivity contribution is 7.11. The highest BCUT2D eigenvalue weighted by atomic mass is 32.1. The number of nitrogens with one attached hydrogen (secondary N) is 1. The molecule has 0 aliphatic rings. The van der Waals surface area contributed by atoms with Crippen LogP contribution < -0.4 is 5.32 Å². The Kier molecular flexibility index (Phi) is 5.30. The largest absolute Gasteiger partial charge is 0.478 e. The maximum absolute atomic E-state index is 12.1. The Hall–Kier alpha value is -1.92. The van der Waals surface area contributed by atoms with E-state index in [2.05, 4.69) is 5.32 Å². The number of carbonyl (C=O) groups excluding carboxylic acids is 1. The molecule has 2 heterocycles. The Bertz CT molecular complexity index is 644. The van der Waals surface area contributed by atoms with Crippen LogP contribution in [0.15, 0.2) is 35.0 Å². The third kappa shape index (κ3) is 4.84. The highest BCUT2D eigenvalue weighted by Crippen LogP contribution is 2.17. The number of aliphatic carboxylic acids is 1. The van der Waals surface area contributed by atoms with Crippen LogP contribution in [0.2, 0.25) is 0 Å². The summed E-state index contributed by atoms with van der Waals surface area (Å²) in [5.41, 5.74) is 0.558. The minimum atomic E-state index is -1.00. The zero-order valence-electron chi connectivity index (χ0n) is 11.4. The van der Waals surface area contributed by atoms with Gasteiger partial charge >= 0.3 is 5.97 Å². The van der Waals surface area contributed by atoms with Crippen LogP contribution in [0.4, 0.5) is 0 Å². The molecule has 0 aromatic carbocycles. The fourth-order valence-electron chi connectivity index (χ4n) is 1.80. The van der Waals surface area contributed by atoms with Gasteiger partial charge in [0.15, 0.2) is 0 Å². The van der Waals surface area contributed by atoms with Crippen LogP contribution in [0, 0.1) is 0 Å². The van der Waals surface area contributed by atoms with E-state index >= 15 is 0 Å². The summed E-state index contributed by atoms with van der Waals surface area (Å²) < 4.78 is 0. The van der Waals surface area contributed by atoms with Gasteiger partial charge in [-0.25, -0.2) is 4.79 Å². The fourth-order valence-corrected chi connectivity index (χ4v) is 3.42. The quantitative estimate of drug-likeness (QED) is 0.803. The Labute approximate surface area is 130 Å². The standard InChI is InChI=1S/C15H15NO3S2/c1-10(7-12-3-2-6-20-12)16-15(19)11-8-13(21-9-11)4-5-14(17)18/h2-6,8-10H,7H2,1H3,(H,16,19)(H,17,18). The van der Waals surface area contributed by atoms with E-state index in [1.54, 1.807) is 22.8 Å². The van der Waals surface area contributed by atoms with E-state index in [1.807, 2.05) is 24.4 Å². The maximum atomic E-state index is 12.1. The van der Waals surface area contributed by atoms with Crippen molar-refractivity contribution in [2.75, 3.05) is 0 Å². The van der Waals surface area contributed by atoms with Crippen molar-refractivity contribution in [2.45, 2.75) is 19.4 Å². The molecule has 1 atom stereocenters. The Balaban J connectivity index is 1.92. The van der Waals surface area contributed by atoms with Crippen molar-refractivity contribution in [3.63, 3.8) is 0 Å². The summed E-state index contributed by atoms with van der Waals surface area (Å²) in [6, 6.07) is 5.78. The molecule has 2 N–H and O–H groups in total. The van der Waals surface area contributed by atoms with Gasteiger partial charge in [-0.2, -0.15) is 0 Å². The highest BCUT2D eigenvalue weighted by Gasteiger charge is 2.12. The fraction of sp³-hybridized carbons (Fsp3) is 0.200. The van der Waals surface area contributed by atoms with Gasteiger partial charge in [0.2, 0.25) is 0 Å². The normalized spacial score (nSPS) is 12.4. The molecule has 2 aromatic heterocycles. The van der Waals surface area contributed by atoms with Crippen molar-refractivity contribution in [3.05, 3.63) is 50.4 Å². The average molecular weight is 321 g/mol. The number of rotatable bonds is 6. The van der Waals surface area contributed by atoms with Crippen molar-refractivity contribution in [1.29, 1.82) is 0 Å². The molecule has 1 amide bonds. The van der Waals surface area contributed by atoms with E-state index in [1.165, 1.54) is 22.3 Å². The zero-order valence-corrected chi connectivity index (χ0v) is 13.0. The van der Waals surface area contributed by atoms with Crippen LogP contribution >= 0.6 is 22.7 Å². The van der Waals surface area contributed by atoms with Gasteiger partial charge in [-0.1, -0.05) is 6.07 Å². The number of hydrogen-bond acceptors (Lipinski definition) is 4. The molecular weight excluding hydrogens is 306 g/mol. The smallest absolute Gasteiger partial charge is 0.328 e. The van der Waals surface area contributed by atoms with E-state index in [0.717, 1.165) is 17.4 Å². The van der Waals surface area contributed by atoms with E-state index in [0.29, 0.717) is 5.56 Å². The van der Waals surface area contributed by atoms with Crippen LogP contribution in [0.25, 0.3) is 6.08 Å². The SMILES string of the molecule is CC(Cc1cccs1)NC(=O)c1csc(C=CC(=O)O)c1. The van der Waals surface area contributed by atoms with Crippen LogP contribution in [-0.2, 0) is 11.2 Å². The molecule has 0 radical (unpaired) electrons. The lowest BCUT2D eigenvalue weighted by Gasteiger charge is -2.12. The first-order chi connectivity index (χ1) is 10.0. The summed E-state index contributed by atoms with van der Waals surface area (Å²) in [6.45, 7) is 1.97. The molecule has 0 saturated heterocycles. The summed E-state index contributed by atoms with van der Waals surface area (Å²) in [5, 5.41) is 15.3. The minimum Gasteiger partial charge on any atom is -0.478 e. The van der Waals surface area contributed by atoms with Gasteiger partial charge in [-0.3, -0.25) is 4.79 Å². The molecule has 0 saturated carbocycles. The van der Waals surface area contributed by atoms with Gasteiger partial charge in [-0.05, 0) is 30.5 Å². The Morgan fingerprint density at radius 2 is 2.24 bits per heavy atom. The predicted octanol–water partition coefficient (Wildman–Crippen LogP) is 3.27. The monoisotopic (exact) mass is 321 g/mol. The third-order valence-corrected chi connectivity index (χ3v) is 4.53. The van der Waals surface area contributed by atoms with Gasteiger partial charge in [0.05, 0.1) is 5.56 Å². The molecule has 1 unspecified atom stereocenters. The summed E-state index contributed by atoms with van der Waals surface area (Å²) >= 11 is 3.02. The molecule has 0 bridgehead atoms. The number of carboxylic acids is 1. The van der Waals surface area contributed by atoms with Gasteiger partial charge < -0.3 is 10.4 Å². The number of thiophene rings is 2.